The third-order valence-electron chi connectivity index (χ3n) is 5.53. The molecule has 2 aromatic carbocycles. The molecule has 11 heteroatoms. The molecule has 1 saturated heterocycles. The molecule has 37 heavy (non-hydrogen) atoms. The largest absolute Gasteiger partial charge is 0.496 e. The van der Waals surface area contributed by atoms with Gasteiger partial charge in [0.15, 0.2) is 11.5 Å². The van der Waals surface area contributed by atoms with Crippen LogP contribution < -0.4 is 25.1 Å². The van der Waals surface area contributed by atoms with Gasteiger partial charge in [-0.25, -0.2) is 0 Å². The summed E-state index contributed by atoms with van der Waals surface area (Å²) in [6.45, 7) is 0.472. The minimum absolute atomic E-state index is 0.137. The van der Waals surface area contributed by atoms with Crippen LogP contribution in [0.5, 0.6) is 17.2 Å². The van der Waals surface area contributed by atoms with E-state index >= 15 is 0 Å². The van der Waals surface area contributed by atoms with E-state index in [0.717, 1.165) is 12.0 Å². The molecule has 196 valence electrons. The zero-order chi connectivity index (χ0) is 26.8. The van der Waals surface area contributed by atoms with Crippen molar-refractivity contribution >= 4 is 52.1 Å². The molecule has 0 saturated carbocycles. The first-order valence-electron chi connectivity index (χ1n) is 11.6. The Bertz CT molecular complexity index is 1200. The highest BCUT2D eigenvalue weighted by Crippen LogP contribution is 2.34. The maximum atomic E-state index is 12.9. The summed E-state index contributed by atoms with van der Waals surface area (Å²) < 4.78 is 16.2. The van der Waals surface area contributed by atoms with Gasteiger partial charge >= 0.3 is 0 Å². The molecular formula is C26H29N3O6S2. The van der Waals surface area contributed by atoms with Gasteiger partial charge in [-0.05, 0) is 48.7 Å². The van der Waals surface area contributed by atoms with E-state index in [9.17, 15) is 14.4 Å². The normalized spacial score (nSPS) is 14.0. The van der Waals surface area contributed by atoms with Crippen molar-refractivity contribution in [1.82, 2.24) is 15.8 Å². The van der Waals surface area contributed by atoms with Crippen LogP contribution in [0.2, 0.25) is 0 Å². The quantitative estimate of drug-likeness (QED) is 0.190. The zero-order valence-electron chi connectivity index (χ0n) is 20.9. The Labute approximate surface area is 225 Å². The summed E-state index contributed by atoms with van der Waals surface area (Å²) in [5.41, 5.74) is 5.95. The van der Waals surface area contributed by atoms with Crippen LogP contribution in [0.3, 0.4) is 0 Å². The number of methoxy groups -OCH3 is 3. The van der Waals surface area contributed by atoms with Gasteiger partial charge < -0.3 is 14.2 Å². The molecule has 2 N–H and O–H groups in total. The van der Waals surface area contributed by atoms with Gasteiger partial charge in [0.2, 0.25) is 5.91 Å². The fraction of sp³-hybridized carbons (Fsp3) is 0.308. The molecule has 3 rings (SSSR count). The molecule has 9 nitrogen and oxygen atoms in total. The Morgan fingerprint density at radius 1 is 0.946 bits per heavy atom. The van der Waals surface area contributed by atoms with Crippen molar-refractivity contribution in [1.29, 1.82) is 0 Å². The highest BCUT2D eigenvalue weighted by Gasteiger charge is 2.31. The number of hydrogen-bond donors (Lipinski definition) is 2. The van der Waals surface area contributed by atoms with Crippen molar-refractivity contribution in [2.24, 2.45) is 0 Å². The third-order valence-corrected chi connectivity index (χ3v) is 6.91. The van der Waals surface area contributed by atoms with E-state index in [0.29, 0.717) is 51.4 Å². The molecule has 0 spiro atoms. The number of thioether (sulfide) groups is 1. The maximum absolute atomic E-state index is 12.9. The van der Waals surface area contributed by atoms with Gasteiger partial charge in [0.05, 0.1) is 31.8 Å². The molecule has 0 radical (unpaired) electrons. The second-order valence-corrected chi connectivity index (χ2v) is 9.64. The molecule has 1 heterocycles. The van der Waals surface area contributed by atoms with E-state index in [-0.39, 0.29) is 18.2 Å². The average molecular weight is 544 g/mol. The predicted molar refractivity (Wildman–Crippen MR) is 146 cm³/mol. The molecule has 3 amide bonds. The van der Waals surface area contributed by atoms with Crippen LogP contribution >= 0.6 is 24.0 Å². The lowest BCUT2D eigenvalue weighted by atomic mass is 10.1. The Kier molecular flexibility index (Phi) is 10.3. The van der Waals surface area contributed by atoms with Crippen molar-refractivity contribution in [2.75, 3.05) is 27.9 Å². The molecular weight excluding hydrogens is 514 g/mol. The lowest BCUT2D eigenvalue weighted by molar-refractivity contribution is -0.123. The van der Waals surface area contributed by atoms with Gasteiger partial charge in [-0.1, -0.05) is 48.6 Å². The minimum atomic E-state index is -0.457. The maximum Gasteiger partial charge on any atom is 0.273 e. The van der Waals surface area contributed by atoms with E-state index in [1.807, 2.05) is 6.07 Å². The smallest absolute Gasteiger partial charge is 0.273 e. The monoisotopic (exact) mass is 543 g/mol. The topological polar surface area (TPSA) is 106 Å². The summed E-state index contributed by atoms with van der Waals surface area (Å²) in [5, 5.41) is 0. The summed E-state index contributed by atoms with van der Waals surface area (Å²) in [7, 11) is 4.60. The third kappa shape index (κ3) is 7.46. The molecule has 1 fully saturated rings. The number of hydrogen-bond acceptors (Lipinski definition) is 8. The van der Waals surface area contributed by atoms with E-state index in [4.69, 9.17) is 26.4 Å². The van der Waals surface area contributed by atoms with Gasteiger partial charge in [0.25, 0.3) is 11.8 Å². The number of amides is 3. The SMILES string of the molecule is COc1ccc(/C=C2\SC(=S)N(CCCCCC(=O)NNC(=O)c3ccccc3OC)C2=O)cc1OC. The van der Waals surface area contributed by atoms with Crippen LogP contribution in [0.25, 0.3) is 6.08 Å². The first kappa shape index (κ1) is 28.0. The lowest BCUT2D eigenvalue weighted by Gasteiger charge is -2.14. The Morgan fingerprint density at radius 3 is 2.41 bits per heavy atom. The summed E-state index contributed by atoms with van der Waals surface area (Å²) in [5.74, 6) is 0.716. The second-order valence-electron chi connectivity index (χ2n) is 7.96. The van der Waals surface area contributed by atoms with E-state index < -0.39 is 5.91 Å². The highest BCUT2D eigenvalue weighted by atomic mass is 32.2. The van der Waals surface area contributed by atoms with Gasteiger partial charge in [-0.3, -0.25) is 30.1 Å². The van der Waals surface area contributed by atoms with Gasteiger partial charge in [0.1, 0.15) is 10.1 Å². The van der Waals surface area contributed by atoms with Crippen LogP contribution in [0, 0.1) is 0 Å². The first-order chi connectivity index (χ1) is 17.9. The van der Waals surface area contributed by atoms with E-state index in [1.165, 1.54) is 18.9 Å². The minimum Gasteiger partial charge on any atom is -0.496 e. The average Bonchev–Trinajstić information content (AvgIpc) is 3.18. The van der Waals surface area contributed by atoms with E-state index in [1.54, 1.807) is 61.6 Å². The van der Waals surface area contributed by atoms with Crippen LogP contribution in [-0.4, -0.2) is 54.8 Å². The Balaban J connectivity index is 1.41. The molecule has 0 unspecified atom stereocenters. The number of carbonyl (C=O) groups excluding carboxylic acids is 3. The van der Waals surface area contributed by atoms with Crippen LogP contribution in [0.4, 0.5) is 0 Å². The molecule has 1 aliphatic heterocycles. The Morgan fingerprint density at radius 2 is 1.68 bits per heavy atom. The first-order valence-corrected chi connectivity index (χ1v) is 12.8. The summed E-state index contributed by atoms with van der Waals surface area (Å²) in [6, 6.07) is 12.2. The number of hydrazine groups is 1. The number of ether oxygens (including phenoxy) is 3. The van der Waals surface area contributed by atoms with Crippen molar-refractivity contribution in [3.05, 3.63) is 58.5 Å². The molecule has 0 aromatic heterocycles. The van der Waals surface area contributed by atoms with Crippen LogP contribution in [0.1, 0.15) is 41.6 Å². The fourth-order valence-electron chi connectivity index (χ4n) is 3.61. The van der Waals surface area contributed by atoms with Crippen molar-refractivity contribution in [2.45, 2.75) is 25.7 Å². The molecule has 0 aliphatic carbocycles. The number of nitrogens with zero attached hydrogens (tertiary/aromatic N) is 1. The Hall–Kier alpha value is -3.57. The molecule has 0 bridgehead atoms. The highest BCUT2D eigenvalue weighted by molar-refractivity contribution is 8.26. The van der Waals surface area contributed by atoms with Crippen LogP contribution in [-0.2, 0) is 9.59 Å². The fourth-order valence-corrected chi connectivity index (χ4v) is 4.92. The number of thiocarbonyl (C=S) groups is 1. The van der Waals surface area contributed by atoms with Crippen molar-refractivity contribution in [3.8, 4) is 17.2 Å². The number of rotatable bonds is 11. The van der Waals surface area contributed by atoms with E-state index in [2.05, 4.69) is 10.9 Å². The molecule has 1 aliphatic rings. The summed E-state index contributed by atoms with van der Waals surface area (Å²) in [6.07, 6.45) is 4.04. The lowest BCUT2D eigenvalue weighted by Crippen LogP contribution is -2.41. The zero-order valence-corrected chi connectivity index (χ0v) is 22.5. The number of para-hydroxylation sites is 1. The number of benzene rings is 2. The van der Waals surface area contributed by atoms with Gasteiger partial charge in [-0.2, -0.15) is 0 Å². The molecule has 0 atom stereocenters. The second kappa shape index (κ2) is 13.7. The summed E-state index contributed by atoms with van der Waals surface area (Å²) in [4.78, 5) is 39.3. The van der Waals surface area contributed by atoms with Crippen molar-refractivity contribution < 1.29 is 28.6 Å². The molecule has 2 aromatic rings. The van der Waals surface area contributed by atoms with Gasteiger partial charge in [0, 0.05) is 13.0 Å². The number of carbonyl (C=O) groups is 3. The van der Waals surface area contributed by atoms with Crippen molar-refractivity contribution in [3.63, 3.8) is 0 Å². The van der Waals surface area contributed by atoms with Gasteiger partial charge in [-0.15, -0.1) is 0 Å². The predicted octanol–water partition coefficient (Wildman–Crippen LogP) is 3.94. The van der Waals surface area contributed by atoms with Crippen LogP contribution in [0.15, 0.2) is 47.4 Å². The summed E-state index contributed by atoms with van der Waals surface area (Å²) >= 11 is 6.67. The number of unbranched alkanes of at least 4 members (excludes halogenated alkanes) is 2. The number of nitrogens with one attached hydrogen (secondary N) is 2. The standard InChI is InChI=1S/C26H29N3O6S2/c1-33-19-10-7-6-9-18(19)24(31)28-27-23(30)11-5-4-8-14-29-25(32)22(37-26(29)36)16-17-12-13-20(34-2)21(15-17)35-3/h6-7,9-10,12-13,15-16H,4-5,8,11,14H2,1-3H3,(H,27,30)(H,28,31)/b22-16-.